The largest absolute Gasteiger partial charge is 0.242 e. The highest BCUT2D eigenvalue weighted by Gasteiger charge is 2.28. The standard InChI is InChI=1S/C13H16Cl2FNO2S/c14-7-9-2-1-3-10(9)8-17-20(18,19)13-6-11(16)4-5-12(13)15/h4-6,9-10,17H,1-3,7-8H2. The number of alkyl halides is 1. The second-order valence-electron chi connectivity index (χ2n) is 5.03. The topological polar surface area (TPSA) is 46.2 Å². The summed E-state index contributed by atoms with van der Waals surface area (Å²) < 4.78 is 40.0. The van der Waals surface area contributed by atoms with Crippen molar-refractivity contribution >= 4 is 33.2 Å². The van der Waals surface area contributed by atoms with E-state index in [1.54, 1.807) is 0 Å². The van der Waals surface area contributed by atoms with Crippen molar-refractivity contribution in [3.05, 3.63) is 29.0 Å². The zero-order valence-corrected chi connectivity index (χ0v) is 13.1. The summed E-state index contributed by atoms with van der Waals surface area (Å²) >= 11 is 11.7. The van der Waals surface area contributed by atoms with E-state index in [1.165, 1.54) is 6.07 Å². The molecule has 7 heteroatoms. The lowest BCUT2D eigenvalue weighted by atomic mass is 9.98. The average Bonchev–Trinajstić information content (AvgIpc) is 2.86. The van der Waals surface area contributed by atoms with Crippen molar-refractivity contribution in [3.63, 3.8) is 0 Å². The van der Waals surface area contributed by atoms with Gasteiger partial charge in [-0.05, 0) is 42.9 Å². The van der Waals surface area contributed by atoms with E-state index < -0.39 is 15.8 Å². The quantitative estimate of drug-likeness (QED) is 0.835. The summed E-state index contributed by atoms with van der Waals surface area (Å²) in [5, 5.41) is 0.0132. The van der Waals surface area contributed by atoms with Crippen LogP contribution in [0, 0.1) is 17.7 Å². The molecule has 3 nitrogen and oxygen atoms in total. The van der Waals surface area contributed by atoms with E-state index in [9.17, 15) is 12.8 Å². The third kappa shape index (κ3) is 3.64. The van der Waals surface area contributed by atoms with Crippen LogP contribution in [0.2, 0.25) is 5.02 Å². The van der Waals surface area contributed by atoms with Gasteiger partial charge in [-0.3, -0.25) is 0 Å². The molecule has 0 radical (unpaired) electrons. The fourth-order valence-corrected chi connectivity index (χ4v) is 4.57. The maximum Gasteiger partial charge on any atom is 0.242 e. The molecule has 0 heterocycles. The number of sulfonamides is 1. The van der Waals surface area contributed by atoms with E-state index in [2.05, 4.69) is 4.72 Å². The molecule has 0 aromatic heterocycles. The van der Waals surface area contributed by atoms with Gasteiger partial charge in [0.15, 0.2) is 0 Å². The molecule has 1 fully saturated rings. The van der Waals surface area contributed by atoms with Crippen LogP contribution in [0.1, 0.15) is 19.3 Å². The summed E-state index contributed by atoms with van der Waals surface area (Å²) in [5.41, 5.74) is 0. The number of benzene rings is 1. The summed E-state index contributed by atoms with van der Waals surface area (Å²) in [4.78, 5) is -0.223. The minimum absolute atomic E-state index is 0.0132. The predicted octanol–water partition coefficient (Wildman–Crippen LogP) is 3.41. The SMILES string of the molecule is O=S(=O)(NCC1CCCC1CCl)c1cc(F)ccc1Cl. The molecule has 112 valence electrons. The van der Waals surface area contributed by atoms with E-state index in [0.29, 0.717) is 18.3 Å². The van der Waals surface area contributed by atoms with Crippen LogP contribution >= 0.6 is 23.2 Å². The lowest BCUT2D eigenvalue weighted by Gasteiger charge is -2.18. The van der Waals surface area contributed by atoms with Gasteiger partial charge >= 0.3 is 0 Å². The Kier molecular flexibility index (Phi) is 5.29. The van der Waals surface area contributed by atoms with E-state index in [4.69, 9.17) is 23.2 Å². The second-order valence-corrected chi connectivity index (χ2v) is 7.48. The minimum atomic E-state index is -3.80. The van der Waals surface area contributed by atoms with Gasteiger partial charge in [-0.15, -0.1) is 11.6 Å². The van der Waals surface area contributed by atoms with Crippen LogP contribution in [0.3, 0.4) is 0 Å². The monoisotopic (exact) mass is 339 g/mol. The molecule has 2 rings (SSSR count). The van der Waals surface area contributed by atoms with Crippen LogP contribution in [0.25, 0.3) is 0 Å². The van der Waals surface area contributed by atoms with Crippen molar-refractivity contribution in [2.24, 2.45) is 11.8 Å². The van der Waals surface area contributed by atoms with Crippen LogP contribution in [-0.2, 0) is 10.0 Å². The smallest absolute Gasteiger partial charge is 0.211 e. The predicted molar refractivity (Wildman–Crippen MR) is 78.1 cm³/mol. The number of hydrogen-bond acceptors (Lipinski definition) is 2. The van der Waals surface area contributed by atoms with Crippen LogP contribution < -0.4 is 4.72 Å². The number of hydrogen-bond donors (Lipinski definition) is 1. The summed E-state index contributed by atoms with van der Waals surface area (Å²) in [7, 11) is -3.80. The highest BCUT2D eigenvalue weighted by atomic mass is 35.5. The van der Waals surface area contributed by atoms with Crippen molar-refractivity contribution in [2.45, 2.75) is 24.2 Å². The lowest BCUT2D eigenvalue weighted by Crippen LogP contribution is -2.31. The van der Waals surface area contributed by atoms with Crippen molar-refractivity contribution in [1.82, 2.24) is 4.72 Å². The molecule has 1 aliphatic carbocycles. The number of rotatable bonds is 5. The number of nitrogens with one attached hydrogen (secondary N) is 1. The first-order valence-electron chi connectivity index (χ1n) is 6.44. The van der Waals surface area contributed by atoms with Crippen molar-refractivity contribution in [3.8, 4) is 0 Å². The molecule has 1 aromatic rings. The molecule has 0 amide bonds. The van der Waals surface area contributed by atoms with Gasteiger partial charge in [0.05, 0.1) is 5.02 Å². The van der Waals surface area contributed by atoms with Gasteiger partial charge in [0.25, 0.3) is 0 Å². The molecule has 2 atom stereocenters. The molecule has 0 aliphatic heterocycles. The zero-order valence-electron chi connectivity index (χ0n) is 10.8. The summed E-state index contributed by atoms with van der Waals surface area (Å²) in [6, 6.07) is 3.29. The van der Waals surface area contributed by atoms with Gasteiger partial charge in [-0.25, -0.2) is 17.5 Å². The van der Waals surface area contributed by atoms with Crippen molar-refractivity contribution < 1.29 is 12.8 Å². The molecule has 0 spiro atoms. The number of halogens is 3. The molecule has 1 saturated carbocycles. The lowest BCUT2D eigenvalue weighted by molar-refractivity contribution is 0.418. The van der Waals surface area contributed by atoms with Gasteiger partial charge in [0.2, 0.25) is 10.0 Å². The summed E-state index contributed by atoms with van der Waals surface area (Å²) in [6.07, 6.45) is 3.04. The molecule has 0 saturated heterocycles. The van der Waals surface area contributed by atoms with E-state index in [-0.39, 0.29) is 15.8 Å². The van der Waals surface area contributed by atoms with E-state index >= 15 is 0 Å². The molecule has 2 unspecified atom stereocenters. The van der Waals surface area contributed by atoms with Crippen LogP contribution in [0.4, 0.5) is 4.39 Å². The Morgan fingerprint density at radius 2 is 2.00 bits per heavy atom. The van der Waals surface area contributed by atoms with Crippen molar-refractivity contribution in [2.75, 3.05) is 12.4 Å². The molecule has 1 aliphatic rings. The Labute approximate surface area is 128 Å². The Bertz CT molecular complexity index is 580. The average molecular weight is 340 g/mol. The molecule has 0 bridgehead atoms. The maximum absolute atomic E-state index is 13.2. The molecule has 1 N–H and O–H groups in total. The van der Waals surface area contributed by atoms with Gasteiger partial charge in [0.1, 0.15) is 10.7 Å². The van der Waals surface area contributed by atoms with E-state index in [0.717, 1.165) is 31.4 Å². The first-order valence-corrected chi connectivity index (χ1v) is 8.84. The molecule has 1 aromatic carbocycles. The fourth-order valence-electron chi connectivity index (χ4n) is 2.56. The highest BCUT2D eigenvalue weighted by Crippen LogP contribution is 2.32. The van der Waals surface area contributed by atoms with E-state index in [1.807, 2.05) is 0 Å². The van der Waals surface area contributed by atoms with Crippen LogP contribution in [0.15, 0.2) is 23.1 Å². The third-order valence-corrected chi connectivity index (χ3v) is 6.03. The van der Waals surface area contributed by atoms with Gasteiger partial charge in [-0.1, -0.05) is 18.0 Å². The van der Waals surface area contributed by atoms with Gasteiger partial charge < -0.3 is 0 Å². The van der Waals surface area contributed by atoms with Crippen molar-refractivity contribution in [1.29, 1.82) is 0 Å². The Balaban J connectivity index is 2.09. The first-order chi connectivity index (χ1) is 9.44. The van der Waals surface area contributed by atoms with Crippen LogP contribution in [0.5, 0.6) is 0 Å². The molecular formula is C13H16Cl2FNO2S. The van der Waals surface area contributed by atoms with Crippen LogP contribution in [-0.4, -0.2) is 20.8 Å². The highest BCUT2D eigenvalue weighted by molar-refractivity contribution is 7.89. The third-order valence-electron chi connectivity index (χ3n) is 3.73. The Morgan fingerprint density at radius 1 is 1.30 bits per heavy atom. The summed E-state index contributed by atoms with van der Waals surface area (Å²) in [5.74, 6) is 0.471. The maximum atomic E-state index is 13.2. The zero-order chi connectivity index (χ0) is 14.8. The second kappa shape index (κ2) is 6.60. The van der Waals surface area contributed by atoms with Gasteiger partial charge in [0, 0.05) is 12.4 Å². The fraction of sp³-hybridized carbons (Fsp3) is 0.538. The molecule has 20 heavy (non-hydrogen) atoms. The Morgan fingerprint density at radius 3 is 2.70 bits per heavy atom. The Hall–Kier alpha value is -0.360. The molecular weight excluding hydrogens is 324 g/mol. The normalized spacial score (nSPS) is 23.1. The summed E-state index contributed by atoms with van der Waals surface area (Å²) in [6.45, 7) is 0.312. The van der Waals surface area contributed by atoms with Gasteiger partial charge in [-0.2, -0.15) is 0 Å². The first kappa shape index (κ1) is 16.0. The minimum Gasteiger partial charge on any atom is -0.211 e.